The van der Waals surface area contributed by atoms with Crippen LogP contribution in [0.1, 0.15) is 5.01 Å². The highest BCUT2D eigenvalue weighted by Gasteiger charge is 2.06. The molecule has 2 rings (SSSR count). The minimum atomic E-state index is 0.733. The van der Waals surface area contributed by atoms with Crippen molar-refractivity contribution in [1.82, 2.24) is 25.7 Å². The van der Waals surface area contributed by atoms with Crippen molar-refractivity contribution in [1.29, 1.82) is 0 Å². The van der Waals surface area contributed by atoms with Gasteiger partial charge in [-0.25, -0.2) is 0 Å². The molecule has 7 heteroatoms. The Morgan fingerprint density at radius 1 is 1.41 bits per heavy atom. The van der Waals surface area contributed by atoms with Gasteiger partial charge in [-0.3, -0.25) is 5.10 Å². The van der Waals surface area contributed by atoms with Crippen LogP contribution < -0.4 is 5.32 Å². The van der Waals surface area contributed by atoms with Crippen LogP contribution in [0.15, 0.2) is 12.4 Å². The minimum absolute atomic E-state index is 0.733. The van der Waals surface area contributed by atoms with E-state index in [1.54, 1.807) is 24.6 Å². The van der Waals surface area contributed by atoms with Crippen LogP contribution >= 0.6 is 11.3 Å². The van der Waals surface area contributed by atoms with E-state index in [0.29, 0.717) is 0 Å². The normalized spacial score (nSPS) is 10.9. The SMILES string of the molecule is COCCNCCc1nnc(-c2cn[nH]c2)s1. The first-order valence-electron chi connectivity index (χ1n) is 5.41. The Hall–Kier alpha value is -1.31. The fraction of sp³-hybridized carbons (Fsp3) is 0.500. The first-order valence-corrected chi connectivity index (χ1v) is 6.23. The molecule has 0 aliphatic carbocycles. The second kappa shape index (κ2) is 6.43. The van der Waals surface area contributed by atoms with Crippen molar-refractivity contribution in [3.63, 3.8) is 0 Å². The smallest absolute Gasteiger partial charge is 0.150 e. The molecule has 0 atom stereocenters. The van der Waals surface area contributed by atoms with Gasteiger partial charge in [0.25, 0.3) is 0 Å². The maximum Gasteiger partial charge on any atom is 0.150 e. The fourth-order valence-electron chi connectivity index (χ4n) is 1.33. The molecule has 2 N–H and O–H groups in total. The van der Waals surface area contributed by atoms with Crippen LogP contribution in [0, 0.1) is 0 Å². The van der Waals surface area contributed by atoms with E-state index in [1.165, 1.54) is 0 Å². The van der Waals surface area contributed by atoms with E-state index in [4.69, 9.17) is 4.74 Å². The summed E-state index contributed by atoms with van der Waals surface area (Å²) in [7, 11) is 1.70. The Kier molecular flexibility index (Phi) is 4.60. The number of nitrogens with zero attached hydrogens (tertiary/aromatic N) is 3. The number of H-pyrrole nitrogens is 1. The van der Waals surface area contributed by atoms with Gasteiger partial charge in [-0.05, 0) is 0 Å². The number of aromatic nitrogens is 4. The number of aromatic amines is 1. The Labute approximate surface area is 103 Å². The van der Waals surface area contributed by atoms with Crippen LogP contribution in [0.25, 0.3) is 10.6 Å². The molecular weight excluding hydrogens is 238 g/mol. The zero-order chi connectivity index (χ0) is 11.9. The van der Waals surface area contributed by atoms with Crippen molar-refractivity contribution in [2.24, 2.45) is 0 Å². The molecule has 17 heavy (non-hydrogen) atoms. The number of hydrogen-bond acceptors (Lipinski definition) is 6. The first-order chi connectivity index (χ1) is 8.40. The summed E-state index contributed by atoms with van der Waals surface area (Å²) in [6.45, 7) is 2.49. The molecule has 2 aromatic heterocycles. The molecule has 0 radical (unpaired) electrons. The highest BCUT2D eigenvalue weighted by atomic mass is 32.1. The topological polar surface area (TPSA) is 75.7 Å². The molecule has 0 amide bonds. The lowest BCUT2D eigenvalue weighted by molar-refractivity contribution is 0.199. The van der Waals surface area contributed by atoms with Gasteiger partial charge >= 0.3 is 0 Å². The van der Waals surface area contributed by atoms with Gasteiger partial charge in [0.15, 0.2) is 5.01 Å². The zero-order valence-corrected chi connectivity index (χ0v) is 10.5. The summed E-state index contributed by atoms with van der Waals surface area (Å²) < 4.78 is 4.95. The standard InChI is InChI=1S/C10H15N5OS/c1-16-5-4-11-3-2-9-14-15-10(17-9)8-6-12-13-7-8/h6-7,11H,2-5H2,1H3,(H,12,13). The van der Waals surface area contributed by atoms with Gasteiger partial charge in [0.2, 0.25) is 0 Å². The van der Waals surface area contributed by atoms with Crippen LogP contribution in [0.3, 0.4) is 0 Å². The van der Waals surface area contributed by atoms with Crippen molar-refractivity contribution >= 4 is 11.3 Å². The van der Waals surface area contributed by atoms with Crippen molar-refractivity contribution in [2.45, 2.75) is 6.42 Å². The van der Waals surface area contributed by atoms with Gasteiger partial charge < -0.3 is 10.1 Å². The van der Waals surface area contributed by atoms with E-state index >= 15 is 0 Å². The molecule has 0 saturated carbocycles. The summed E-state index contributed by atoms with van der Waals surface area (Å²) in [5.41, 5.74) is 0.987. The average molecular weight is 253 g/mol. The van der Waals surface area contributed by atoms with E-state index < -0.39 is 0 Å². The average Bonchev–Trinajstić information content (AvgIpc) is 2.99. The van der Waals surface area contributed by atoms with Crippen molar-refractivity contribution in [3.05, 3.63) is 17.4 Å². The van der Waals surface area contributed by atoms with Crippen molar-refractivity contribution in [3.8, 4) is 10.6 Å². The molecule has 0 unspecified atom stereocenters. The van der Waals surface area contributed by atoms with Gasteiger partial charge in [0, 0.05) is 32.8 Å². The second-order valence-corrected chi connectivity index (χ2v) is 4.54. The second-order valence-electron chi connectivity index (χ2n) is 3.48. The van der Waals surface area contributed by atoms with E-state index in [-0.39, 0.29) is 0 Å². The van der Waals surface area contributed by atoms with Crippen LogP contribution in [0.5, 0.6) is 0 Å². The molecule has 0 aliphatic heterocycles. The summed E-state index contributed by atoms with van der Waals surface area (Å²) in [6.07, 6.45) is 4.46. The number of rotatable bonds is 7. The summed E-state index contributed by atoms with van der Waals surface area (Å²) in [5, 5.41) is 20.1. The molecule has 2 heterocycles. The Balaban J connectivity index is 1.79. The lowest BCUT2D eigenvalue weighted by atomic mass is 10.4. The third-order valence-corrected chi connectivity index (χ3v) is 3.24. The van der Waals surface area contributed by atoms with Gasteiger partial charge in [0.05, 0.1) is 18.4 Å². The Morgan fingerprint density at radius 2 is 2.35 bits per heavy atom. The third kappa shape index (κ3) is 3.58. The summed E-state index contributed by atoms with van der Waals surface area (Å²) in [4.78, 5) is 0. The molecule has 0 spiro atoms. The maximum atomic E-state index is 4.95. The summed E-state index contributed by atoms with van der Waals surface area (Å²) in [6, 6.07) is 0. The van der Waals surface area contributed by atoms with Crippen LogP contribution in [-0.2, 0) is 11.2 Å². The first kappa shape index (κ1) is 12.2. The van der Waals surface area contributed by atoms with Crippen LogP contribution in [-0.4, -0.2) is 47.2 Å². The molecule has 92 valence electrons. The van der Waals surface area contributed by atoms with E-state index in [2.05, 4.69) is 25.7 Å². The summed E-state index contributed by atoms with van der Waals surface area (Å²) in [5.74, 6) is 0. The van der Waals surface area contributed by atoms with E-state index in [1.807, 2.05) is 6.20 Å². The molecule has 0 aliphatic rings. The zero-order valence-electron chi connectivity index (χ0n) is 9.64. The monoisotopic (exact) mass is 253 g/mol. The van der Waals surface area contributed by atoms with E-state index in [9.17, 15) is 0 Å². The number of ether oxygens (including phenoxy) is 1. The molecule has 0 fully saturated rings. The molecule has 2 aromatic rings. The molecule has 0 saturated heterocycles. The fourth-order valence-corrected chi connectivity index (χ4v) is 2.15. The molecule has 6 nitrogen and oxygen atoms in total. The van der Waals surface area contributed by atoms with Gasteiger partial charge in [-0.1, -0.05) is 11.3 Å². The van der Waals surface area contributed by atoms with Gasteiger partial charge in [-0.15, -0.1) is 10.2 Å². The number of nitrogens with one attached hydrogen (secondary N) is 2. The lowest BCUT2D eigenvalue weighted by Gasteiger charge is -2.00. The van der Waals surface area contributed by atoms with Crippen molar-refractivity contribution < 1.29 is 4.74 Å². The highest BCUT2D eigenvalue weighted by molar-refractivity contribution is 7.14. The molecule has 0 aromatic carbocycles. The Morgan fingerprint density at radius 3 is 3.12 bits per heavy atom. The summed E-state index contributed by atoms with van der Waals surface area (Å²) >= 11 is 1.60. The van der Waals surface area contributed by atoms with Gasteiger partial charge in [0.1, 0.15) is 5.01 Å². The van der Waals surface area contributed by atoms with Crippen LogP contribution in [0.4, 0.5) is 0 Å². The minimum Gasteiger partial charge on any atom is -0.383 e. The predicted octanol–water partition coefficient (Wildman–Crippen LogP) is 0.707. The quantitative estimate of drug-likeness (QED) is 0.711. The van der Waals surface area contributed by atoms with Crippen molar-refractivity contribution in [2.75, 3.05) is 26.8 Å². The van der Waals surface area contributed by atoms with Gasteiger partial charge in [-0.2, -0.15) is 5.10 Å². The molecule has 0 bridgehead atoms. The predicted molar refractivity (Wildman–Crippen MR) is 65.9 cm³/mol. The van der Waals surface area contributed by atoms with Crippen LogP contribution in [0.2, 0.25) is 0 Å². The maximum absolute atomic E-state index is 4.95. The Bertz CT molecular complexity index is 428. The third-order valence-electron chi connectivity index (χ3n) is 2.21. The number of hydrogen-bond donors (Lipinski definition) is 2. The lowest BCUT2D eigenvalue weighted by Crippen LogP contribution is -2.21. The highest BCUT2D eigenvalue weighted by Crippen LogP contribution is 2.21. The largest absolute Gasteiger partial charge is 0.383 e. The molecular formula is C10H15N5OS. The number of methoxy groups -OCH3 is 1. The van der Waals surface area contributed by atoms with E-state index in [0.717, 1.165) is 41.7 Å².